The highest BCUT2D eigenvalue weighted by molar-refractivity contribution is 5.95. The van der Waals surface area contributed by atoms with E-state index in [0.29, 0.717) is 11.1 Å². The van der Waals surface area contributed by atoms with Gasteiger partial charge < -0.3 is 4.74 Å². The van der Waals surface area contributed by atoms with Gasteiger partial charge in [0.1, 0.15) is 0 Å². The van der Waals surface area contributed by atoms with Gasteiger partial charge in [0.2, 0.25) is 5.75 Å². The zero-order valence-electron chi connectivity index (χ0n) is 15.0. The first-order valence-electron chi connectivity index (χ1n) is 8.49. The van der Waals surface area contributed by atoms with Crippen molar-refractivity contribution in [3.05, 3.63) is 106 Å². The predicted octanol–water partition coefficient (Wildman–Crippen LogP) is 3.58. The van der Waals surface area contributed by atoms with Gasteiger partial charge in [-0.05, 0) is 36.4 Å². The van der Waals surface area contributed by atoms with Crippen molar-refractivity contribution in [2.45, 2.75) is 0 Å². The first kappa shape index (κ1) is 19.4. The second kappa shape index (κ2) is 9.05. The number of hydrogen-bond donors (Lipinski definition) is 1. The molecule has 0 spiro atoms. The summed E-state index contributed by atoms with van der Waals surface area (Å²) < 4.78 is 5.15. The van der Waals surface area contributed by atoms with E-state index in [0.717, 1.165) is 0 Å². The van der Waals surface area contributed by atoms with Crippen LogP contribution in [0.2, 0.25) is 0 Å². The zero-order chi connectivity index (χ0) is 20.6. The van der Waals surface area contributed by atoms with E-state index in [9.17, 15) is 19.7 Å². The largest absolute Gasteiger partial charge is 0.416 e. The Labute approximate surface area is 165 Å². The average Bonchev–Trinajstić information content (AvgIpc) is 2.75. The quantitative estimate of drug-likeness (QED) is 0.228. The van der Waals surface area contributed by atoms with Crippen molar-refractivity contribution in [1.29, 1.82) is 0 Å². The highest BCUT2D eigenvalue weighted by atomic mass is 16.6. The lowest BCUT2D eigenvalue weighted by molar-refractivity contribution is -0.385. The van der Waals surface area contributed by atoms with E-state index in [1.165, 1.54) is 24.4 Å². The van der Waals surface area contributed by atoms with Crippen LogP contribution in [0.15, 0.2) is 84.0 Å². The second-order valence-electron chi connectivity index (χ2n) is 5.80. The first-order chi connectivity index (χ1) is 14.0. The minimum Gasteiger partial charge on any atom is -0.416 e. The van der Waals surface area contributed by atoms with Gasteiger partial charge in [-0.2, -0.15) is 5.10 Å². The molecule has 8 heteroatoms. The Bertz CT molecular complexity index is 1070. The van der Waals surface area contributed by atoms with Crippen molar-refractivity contribution in [2.75, 3.05) is 0 Å². The SMILES string of the molecule is O=C(NN=Cc1ccc(OC(=O)c2ccccc2)c([N+](=O)[O-])c1)c1ccccc1. The van der Waals surface area contributed by atoms with Gasteiger partial charge in [0.25, 0.3) is 5.91 Å². The molecule has 0 aliphatic heterocycles. The molecular formula is C21H15N3O5. The van der Waals surface area contributed by atoms with Crippen molar-refractivity contribution in [1.82, 2.24) is 5.43 Å². The number of amides is 1. The highest BCUT2D eigenvalue weighted by Gasteiger charge is 2.19. The molecule has 144 valence electrons. The van der Waals surface area contributed by atoms with Crippen molar-refractivity contribution < 1.29 is 19.2 Å². The van der Waals surface area contributed by atoms with E-state index in [4.69, 9.17) is 4.74 Å². The van der Waals surface area contributed by atoms with Crippen molar-refractivity contribution >= 4 is 23.8 Å². The molecule has 0 saturated heterocycles. The van der Waals surface area contributed by atoms with E-state index in [-0.39, 0.29) is 11.3 Å². The molecule has 0 fully saturated rings. The van der Waals surface area contributed by atoms with Crippen LogP contribution in [0.1, 0.15) is 26.3 Å². The Hall–Kier alpha value is -4.33. The third-order valence-electron chi connectivity index (χ3n) is 3.81. The van der Waals surface area contributed by atoms with E-state index in [1.807, 2.05) is 0 Å². The molecular weight excluding hydrogens is 374 g/mol. The first-order valence-corrected chi connectivity index (χ1v) is 8.49. The standard InChI is InChI=1S/C21H15N3O5/c25-20(16-7-3-1-4-8-16)23-22-14-15-11-12-19(18(13-15)24(27)28)29-21(26)17-9-5-2-6-10-17/h1-14H,(H,23,25). The minimum atomic E-state index is -0.703. The summed E-state index contributed by atoms with van der Waals surface area (Å²) in [5, 5.41) is 15.2. The van der Waals surface area contributed by atoms with E-state index < -0.39 is 22.5 Å². The molecule has 0 saturated carbocycles. The van der Waals surface area contributed by atoms with E-state index in [2.05, 4.69) is 10.5 Å². The van der Waals surface area contributed by atoms with Gasteiger partial charge in [-0.1, -0.05) is 36.4 Å². The van der Waals surface area contributed by atoms with Crippen LogP contribution in [-0.2, 0) is 0 Å². The van der Waals surface area contributed by atoms with Gasteiger partial charge >= 0.3 is 11.7 Å². The summed E-state index contributed by atoms with van der Waals surface area (Å²) in [6.45, 7) is 0. The lowest BCUT2D eigenvalue weighted by atomic mass is 10.2. The van der Waals surface area contributed by atoms with Gasteiger partial charge in [-0.3, -0.25) is 14.9 Å². The number of carbonyl (C=O) groups is 2. The van der Waals surface area contributed by atoms with Crippen LogP contribution in [-0.4, -0.2) is 23.0 Å². The normalized spacial score (nSPS) is 10.5. The molecule has 1 N–H and O–H groups in total. The van der Waals surface area contributed by atoms with E-state index >= 15 is 0 Å². The van der Waals surface area contributed by atoms with Crippen LogP contribution in [0, 0.1) is 10.1 Å². The minimum absolute atomic E-state index is 0.186. The third kappa shape index (κ3) is 5.10. The van der Waals surface area contributed by atoms with Crippen molar-refractivity contribution in [3.63, 3.8) is 0 Å². The maximum atomic E-state index is 12.1. The maximum absolute atomic E-state index is 12.1. The molecule has 3 aromatic carbocycles. The molecule has 8 nitrogen and oxygen atoms in total. The number of nitro benzene ring substituents is 1. The third-order valence-corrected chi connectivity index (χ3v) is 3.81. The Morgan fingerprint density at radius 3 is 2.17 bits per heavy atom. The number of esters is 1. The molecule has 0 heterocycles. The van der Waals surface area contributed by atoms with Crippen LogP contribution in [0.5, 0.6) is 5.75 Å². The van der Waals surface area contributed by atoms with Crippen LogP contribution in [0.4, 0.5) is 5.69 Å². The Balaban J connectivity index is 1.73. The lowest BCUT2D eigenvalue weighted by Gasteiger charge is -2.06. The molecule has 0 bridgehead atoms. The summed E-state index contributed by atoms with van der Waals surface area (Å²) in [6.07, 6.45) is 1.26. The summed E-state index contributed by atoms with van der Waals surface area (Å²) in [4.78, 5) is 34.8. The number of rotatable bonds is 6. The lowest BCUT2D eigenvalue weighted by Crippen LogP contribution is -2.17. The van der Waals surface area contributed by atoms with Gasteiger partial charge in [0.05, 0.1) is 16.7 Å². The molecule has 1 amide bonds. The number of benzene rings is 3. The fraction of sp³-hybridized carbons (Fsp3) is 0. The molecule has 3 aromatic rings. The number of hydrogen-bond acceptors (Lipinski definition) is 6. The molecule has 0 aromatic heterocycles. The van der Waals surface area contributed by atoms with E-state index in [1.54, 1.807) is 60.7 Å². The Morgan fingerprint density at radius 1 is 0.931 bits per heavy atom. The van der Waals surface area contributed by atoms with Crippen LogP contribution in [0.25, 0.3) is 0 Å². The summed E-state index contributed by atoms with van der Waals surface area (Å²) in [5.41, 5.74) is 3.00. The Morgan fingerprint density at radius 2 is 1.55 bits per heavy atom. The highest BCUT2D eigenvalue weighted by Crippen LogP contribution is 2.28. The van der Waals surface area contributed by atoms with Crippen LogP contribution in [0.3, 0.4) is 0 Å². The monoisotopic (exact) mass is 389 g/mol. The number of carbonyl (C=O) groups excluding carboxylic acids is 2. The summed E-state index contributed by atoms with van der Waals surface area (Å²) >= 11 is 0. The topological polar surface area (TPSA) is 111 Å². The number of nitro groups is 1. The average molecular weight is 389 g/mol. The number of hydrazone groups is 1. The van der Waals surface area contributed by atoms with Gasteiger partial charge in [0.15, 0.2) is 0 Å². The van der Waals surface area contributed by atoms with Crippen molar-refractivity contribution in [3.8, 4) is 5.75 Å². The van der Waals surface area contributed by atoms with Gasteiger partial charge in [-0.15, -0.1) is 0 Å². The summed E-state index contributed by atoms with van der Waals surface area (Å²) in [7, 11) is 0. The fourth-order valence-corrected chi connectivity index (χ4v) is 2.40. The van der Waals surface area contributed by atoms with Gasteiger partial charge in [-0.25, -0.2) is 10.2 Å². The number of nitrogens with zero attached hydrogens (tertiary/aromatic N) is 2. The molecule has 0 unspecified atom stereocenters. The molecule has 3 rings (SSSR count). The Kier molecular flexibility index (Phi) is 6.06. The number of nitrogens with one attached hydrogen (secondary N) is 1. The van der Waals surface area contributed by atoms with Crippen molar-refractivity contribution in [2.24, 2.45) is 5.10 Å². The number of ether oxygens (including phenoxy) is 1. The smallest absolute Gasteiger partial charge is 0.343 e. The molecule has 0 aliphatic rings. The van der Waals surface area contributed by atoms with Crippen LogP contribution >= 0.6 is 0 Å². The molecule has 0 radical (unpaired) electrons. The molecule has 0 atom stereocenters. The summed E-state index contributed by atoms with van der Waals surface area (Å²) in [6, 6.07) is 20.6. The molecule has 29 heavy (non-hydrogen) atoms. The zero-order valence-corrected chi connectivity index (χ0v) is 15.0. The predicted molar refractivity (Wildman–Crippen MR) is 106 cm³/mol. The molecule has 0 aliphatic carbocycles. The maximum Gasteiger partial charge on any atom is 0.343 e. The summed E-state index contributed by atoms with van der Waals surface area (Å²) in [5.74, 6) is -1.30. The fourth-order valence-electron chi connectivity index (χ4n) is 2.40. The second-order valence-corrected chi connectivity index (χ2v) is 5.80. The van der Waals surface area contributed by atoms with Gasteiger partial charge in [0, 0.05) is 17.2 Å². The van der Waals surface area contributed by atoms with Crippen LogP contribution < -0.4 is 10.2 Å².